The molecule has 1 aromatic heterocycles. The van der Waals surface area contributed by atoms with E-state index >= 15 is 0 Å². The van der Waals surface area contributed by atoms with Crippen LogP contribution in [-0.4, -0.2) is 20.9 Å². The van der Waals surface area contributed by atoms with Crippen molar-refractivity contribution in [3.05, 3.63) is 80.1 Å². The summed E-state index contributed by atoms with van der Waals surface area (Å²) in [5, 5.41) is 11.0. The zero-order valence-electron chi connectivity index (χ0n) is 12.6. The molecule has 0 aliphatic carbocycles. The Labute approximate surface area is 151 Å². The minimum absolute atomic E-state index is 0.00728. The predicted octanol–water partition coefficient (Wildman–Crippen LogP) is 4.14. The minimum Gasteiger partial charge on any atom is -0.494 e. The van der Waals surface area contributed by atoms with E-state index in [1.54, 1.807) is 30.3 Å². The van der Waals surface area contributed by atoms with E-state index in [1.807, 2.05) is 0 Å². The van der Waals surface area contributed by atoms with E-state index in [9.17, 15) is 14.3 Å². The van der Waals surface area contributed by atoms with Crippen molar-refractivity contribution in [3.8, 4) is 11.6 Å². The number of aromatic hydroxyl groups is 1. The number of H-pyrrole nitrogens is 1. The van der Waals surface area contributed by atoms with Crippen LogP contribution in [-0.2, 0) is 0 Å². The van der Waals surface area contributed by atoms with Crippen LogP contribution < -0.4 is 5.56 Å². The summed E-state index contributed by atoms with van der Waals surface area (Å²) in [5.74, 6) is -0.948. The molecule has 0 amide bonds. The third kappa shape index (κ3) is 3.52. The van der Waals surface area contributed by atoms with Gasteiger partial charge in [-0.15, -0.1) is 0 Å². The SMILES string of the molecule is O=c1[nH]c(=S)n(-c2ccc(Cl)cc2)c(O)c1C=Nc1ccccc1F. The molecule has 0 aliphatic rings. The van der Waals surface area contributed by atoms with Crippen molar-refractivity contribution in [2.75, 3.05) is 0 Å². The Morgan fingerprint density at radius 3 is 2.56 bits per heavy atom. The smallest absolute Gasteiger partial charge is 0.264 e. The molecule has 3 rings (SSSR count). The van der Waals surface area contributed by atoms with Gasteiger partial charge in [0.15, 0.2) is 4.77 Å². The fourth-order valence-electron chi connectivity index (χ4n) is 2.18. The number of halogens is 2. The van der Waals surface area contributed by atoms with Gasteiger partial charge >= 0.3 is 0 Å². The number of nitrogens with zero attached hydrogens (tertiary/aromatic N) is 2. The minimum atomic E-state index is -0.632. The zero-order chi connectivity index (χ0) is 18.0. The lowest BCUT2D eigenvalue weighted by Crippen LogP contribution is -2.18. The standard InChI is InChI=1S/C17H11ClFN3O2S/c18-10-5-7-11(8-6-10)22-16(24)12(15(23)21-17(22)25)9-20-14-4-2-1-3-13(14)19/h1-9,24H,(H,21,23,25). The third-order valence-corrected chi connectivity index (χ3v) is 3.93. The molecule has 0 spiro atoms. The number of aromatic nitrogens is 2. The van der Waals surface area contributed by atoms with E-state index in [0.29, 0.717) is 10.7 Å². The monoisotopic (exact) mass is 375 g/mol. The van der Waals surface area contributed by atoms with Crippen LogP contribution in [0.2, 0.25) is 5.02 Å². The number of benzene rings is 2. The van der Waals surface area contributed by atoms with Crippen molar-refractivity contribution in [3.63, 3.8) is 0 Å². The van der Waals surface area contributed by atoms with E-state index in [0.717, 1.165) is 6.21 Å². The molecule has 0 unspecified atom stereocenters. The van der Waals surface area contributed by atoms with Crippen LogP contribution >= 0.6 is 23.8 Å². The molecule has 2 N–H and O–H groups in total. The van der Waals surface area contributed by atoms with E-state index in [1.165, 1.54) is 22.8 Å². The number of aliphatic imine (C=N–C) groups is 1. The van der Waals surface area contributed by atoms with Crippen molar-refractivity contribution in [1.29, 1.82) is 0 Å². The lowest BCUT2D eigenvalue weighted by atomic mass is 10.2. The Kier molecular flexibility index (Phi) is 4.78. The van der Waals surface area contributed by atoms with Crippen molar-refractivity contribution in [2.24, 2.45) is 4.99 Å². The first-order chi connectivity index (χ1) is 12.0. The van der Waals surface area contributed by atoms with Gasteiger partial charge in [-0.05, 0) is 48.6 Å². The summed E-state index contributed by atoms with van der Waals surface area (Å²) in [4.78, 5) is 18.5. The van der Waals surface area contributed by atoms with E-state index in [2.05, 4.69) is 9.98 Å². The maximum Gasteiger partial charge on any atom is 0.264 e. The van der Waals surface area contributed by atoms with Gasteiger partial charge in [-0.3, -0.25) is 19.3 Å². The molecule has 126 valence electrons. The van der Waals surface area contributed by atoms with Gasteiger partial charge in [-0.25, -0.2) is 4.39 Å². The average molecular weight is 376 g/mol. The molecule has 0 saturated carbocycles. The van der Waals surface area contributed by atoms with Gasteiger partial charge in [-0.1, -0.05) is 23.7 Å². The van der Waals surface area contributed by atoms with Crippen molar-refractivity contribution < 1.29 is 9.50 Å². The van der Waals surface area contributed by atoms with Crippen LogP contribution in [0.25, 0.3) is 5.69 Å². The van der Waals surface area contributed by atoms with Gasteiger partial charge in [0.2, 0.25) is 5.88 Å². The molecule has 0 radical (unpaired) electrons. The molecule has 0 bridgehead atoms. The molecular formula is C17H11ClFN3O2S. The fraction of sp³-hybridized carbons (Fsp3) is 0. The van der Waals surface area contributed by atoms with Gasteiger partial charge < -0.3 is 5.11 Å². The number of rotatable bonds is 3. The maximum absolute atomic E-state index is 13.6. The van der Waals surface area contributed by atoms with Crippen LogP contribution in [0.5, 0.6) is 5.88 Å². The van der Waals surface area contributed by atoms with Crippen LogP contribution in [0.3, 0.4) is 0 Å². The Balaban J connectivity index is 2.14. The molecule has 8 heteroatoms. The first-order valence-corrected chi connectivity index (χ1v) is 7.89. The number of para-hydroxylation sites is 1. The largest absolute Gasteiger partial charge is 0.494 e. The lowest BCUT2D eigenvalue weighted by Gasteiger charge is -2.11. The number of hydrogen-bond acceptors (Lipinski definition) is 4. The first kappa shape index (κ1) is 17.1. The fourth-order valence-corrected chi connectivity index (χ4v) is 2.59. The highest BCUT2D eigenvalue weighted by Crippen LogP contribution is 2.21. The Morgan fingerprint density at radius 1 is 1.20 bits per heavy atom. The molecule has 5 nitrogen and oxygen atoms in total. The summed E-state index contributed by atoms with van der Waals surface area (Å²) < 4.78 is 14.9. The maximum atomic E-state index is 13.6. The molecule has 0 atom stereocenters. The highest BCUT2D eigenvalue weighted by atomic mass is 35.5. The van der Waals surface area contributed by atoms with Crippen molar-refractivity contribution in [1.82, 2.24) is 9.55 Å². The summed E-state index contributed by atoms with van der Waals surface area (Å²) in [5.41, 5.74) is -0.231. The quantitative estimate of drug-likeness (QED) is 0.533. The van der Waals surface area contributed by atoms with Crippen LogP contribution in [0.1, 0.15) is 5.56 Å². The van der Waals surface area contributed by atoms with Crippen molar-refractivity contribution >= 4 is 35.7 Å². The number of hydrogen-bond donors (Lipinski definition) is 2. The molecular weight excluding hydrogens is 365 g/mol. The summed E-state index contributed by atoms with van der Waals surface area (Å²) >= 11 is 11.0. The van der Waals surface area contributed by atoms with E-state index < -0.39 is 17.3 Å². The Bertz CT molecular complexity index is 1070. The highest BCUT2D eigenvalue weighted by molar-refractivity contribution is 7.71. The highest BCUT2D eigenvalue weighted by Gasteiger charge is 2.12. The molecule has 0 saturated heterocycles. The third-order valence-electron chi connectivity index (χ3n) is 3.39. The second-order valence-electron chi connectivity index (χ2n) is 5.02. The molecule has 1 heterocycles. The number of aromatic amines is 1. The predicted molar refractivity (Wildman–Crippen MR) is 97.6 cm³/mol. The second kappa shape index (κ2) is 7.00. The first-order valence-electron chi connectivity index (χ1n) is 7.10. The molecule has 0 fully saturated rings. The molecule has 3 aromatic rings. The summed E-state index contributed by atoms with van der Waals surface area (Å²) in [7, 11) is 0. The zero-order valence-corrected chi connectivity index (χ0v) is 14.2. The lowest BCUT2D eigenvalue weighted by molar-refractivity contribution is 0.432. The topological polar surface area (TPSA) is 70.4 Å². The van der Waals surface area contributed by atoms with Crippen LogP contribution in [0.15, 0.2) is 58.3 Å². The number of nitrogens with one attached hydrogen (secondary N) is 1. The Hall–Kier alpha value is -2.77. The summed E-state index contributed by atoms with van der Waals surface area (Å²) in [6.45, 7) is 0. The van der Waals surface area contributed by atoms with Crippen molar-refractivity contribution in [2.45, 2.75) is 0 Å². The van der Waals surface area contributed by atoms with Gasteiger partial charge in [0.05, 0.1) is 11.4 Å². The van der Waals surface area contributed by atoms with Crippen LogP contribution in [0, 0.1) is 10.6 Å². The summed E-state index contributed by atoms with van der Waals surface area (Å²) in [6.07, 6.45) is 1.09. The molecule has 2 aromatic carbocycles. The second-order valence-corrected chi connectivity index (χ2v) is 5.84. The van der Waals surface area contributed by atoms with E-state index in [-0.39, 0.29) is 16.0 Å². The van der Waals surface area contributed by atoms with Gasteiger partial charge in [0.1, 0.15) is 11.4 Å². The molecule has 25 heavy (non-hydrogen) atoms. The Morgan fingerprint density at radius 2 is 1.88 bits per heavy atom. The van der Waals surface area contributed by atoms with Gasteiger partial charge in [0.25, 0.3) is 5.56 Å². The van der Waals surface area contributed by atoms with Gasteiger partial charge in [-0.2, -0.15) is 0 Å². The molecule has 0 aliphatic heterocycles. The van der Waals surface area contributed by atoms with Gasteiger partial charge in [0, 0.05) is 11.2 Å². The average Bonchev–Trinajstić information content (AvgIpc) is 2.57. The van der Waals surface area contributed by atoms with Crippen LogP contribution in [0.4, 0.5) is 10.1 Å². The summed E-state index contributed by atoms with van der Waals surface area (Å²) in [6, 6.07) is 12.3. The normalized spacial score (nSPS) is 11.1. The van der Waals surface area contributed by atoms with E-state index in [4.69, 9.17) is 23.8 Å².